The Bertz CT molecular complexity index is 1390. The number of aryl methyl sites for hydroxylation is 1. The molecule has 1 aliphatic heterocycles. The van der Waals surface area contributed by atoms with Crippen molar-refractivity contribution in [2.24, 2.45) is 4.99 Å². The van der Waals surface area contributed by atoms with Gasteiger partial charge in [0, 0.05) is 23.7 Å². The van der Waals surface area contributed by atoms with Gasteiger partial charge in [-0.15, -0.1) is 0 Å². The highest BCUT2D eigenvalue weighted by molar-refractivity contribution is 6.08. The lowest BCUT2D eigenvalue weighted by molar-refractivity contribution is -0.113. The van der Waals surface area contributed by atoms with Crippen molar-refractivity contribution < 1.29 is 9.59 Å². The summed E-state index contributed by atoms with van der Waals surface area (Å²) in [7, 11) is 0. The molecule has 3 heterocycles. The van der Waals surface area contributed by atoms with Crippen LogP contribution in [0.2, 0.25) is 0 Å². The first-order chi connectivity index (χ1) is 14.4. The molecule has 0 N–H and O–H groups in total. The van der Waals surface area contributed by atoms with Gasteiger partial charge in [-0.3, -0.25) is 23.9 Å². The van der Waals surface area contributed by atoms with Gasteiger partial charge < -0.3 is 0 Å². The molecule has 0 spiro atoms. The van der Waals surface area contributed by atoms with Crippen LogP contribution in [0.3, 0.4) is 0 Å². The second-order valence-electron chi connectivity index (χ2n) is 7.10. The summed E-state index contributed by atoms with van der Waals surface area (Å²) in [5.74, 6) is -0.218. The Hall–Kier alpha value is -3.94. The number of aliphatic imine (C=N–C) groups is 1. The standard InChI is InChI=1S/C22H18N4O4/c1-13-10-15(14(2)27)5-6-19(13)26-20-18(4-3-8-24-20)21(29)25(22(26)30)12-16-11-17(28)7-9-23-16/h3-10H,11-12H2,1-2H3. The van der Waals surface area contributed by atoms with Crippen molar-refractivity contribution in [1.82, 2.24) is 14.1 Å². The zero-order valence-corrected chi connectivity index (χ0v) is 16.5. The highest BCUT2D eigenvalue weighted by Crippen LogP contribution is 2.18. The maximum atomic E-state index is 13.4. The molecule has 0 amide bonds. The number of ketones is 2. The molecule has 0 atom stereocenters. The molecular formula is C22H18N4O4. The number of nitrogens with zero attached hydrogens (tertiary/aromatic N) is 4. The topological polar surface area (TPSA) is 103 Å². The van der Waals surface area contributed by atoms with Crippen molar-refractivity contribution >= 4 is 28.3 Å². The molecule has 0 fully saturated rings. The minimum atomic E-state index is -0.588. The van der Waals surface area contributed by atoms with Crippen molar-refractivity contribution in [3.05, 3.63) is 80.8 Å². The average molecular weight is 402 g/mol. The number of hydrogen-bond donors (Lipinski definition) is 0. The first kappa shape index (κ1) is 19.4. The summed E-state index contributed by atoms with van der Waals surface area (Å²) in [4.78, 5) is 58.2. The Kier molecular flexibility index (Phi) is 4.83. The van der Waals surface area contributed by atoms with Gasteiger partial charge in [0.15, 0.2) is 17.2 Å². The maximum Gasteiger partial charge on any atom is 0.337 e. The zero-order valence-electron chi connectivity index (χ0n) is 16.5. The molecule has 8 nitrogen and oxygen atoms in total. The summed E-state index contributed by atoms with van der Waals surface area (Å²) in [6.07, 6.45) is 4.29. The van der Waals surface area contributed by atoms with Gasteiger partial charge in [0.25, 0.3) is 5.56 Å². The van der Waals surface area contributed by atoms with Crippen LogP contribution in [0.4, 0.5) is 0 Å². The highest BCUT2D eigenvalue weighted by atomic mass is 16.2. The zero-order chi connectivity index (χ0) is 21.4. The molecule has 1 aromatic carbocycles. The van der Waals surface area contributed by atoms with Gasteiger partial charge in [0.2, 0.25) is 0 Å². The molecule has 2 aromatic heterocycles. The molecule has 4 rings (SSSR count). The number of pyridine rings is 1. The third-order valence-electron chi connectivity index (χ3n) is 4.98. The molecule has 0 radical (unpaired) electrons. The lowest BCUT2D eigenvalue weighted by Gasteiger charge is -2.16. The van der Waals surface area contributed by atoms with Crippen LogP contribution in [-0.4, -0.2) is 31.4 Å². The Morgan fingerprint density at radius 2 is 1.97 bits per heavy atom. The van der Waals surface area contributed by atoms with Gasteiger partial charge >= 0.3 is 5.69 Å². The first-order valence-corrected chi connectivity index (χ1v) is 9.34. The number of aromatic nitrogens is 3. The summed E-state index contributed by atoms with van der Waals surface area (Å²) >= 11 is 0. The molecule has 0 saturated carbocycles. The van der Waals surface area contributed by atoms with Crippen LogP contribution < -0.4 is 11.2 Å². The number of allylic oxidation sites excluding steroid dienone is 1. The average Bonchev–Trinajstić information content (AvgIpc) is 2.72. The third kappa shape index (κ3) is 3.32. The van der Waals surface area contributed by atoms with E-state index < -0.39 is 11.2 Å². The highest BCUT2D eigenvalue weighted by Gasteiger charge is 2.19. The largest absolute Gasteiger partial charge is 0.337 e. The lowest BCUT2D eigenvalue weighted by atomic mass is 10.1. The minimum absolute atomic E-state index is 0.0554. The van der Waals surface area contributed by atoms with Gasteiger partial charge in [0.05, 0.1) is 24.0 Å². The number of Topliss-reactive ketones (excluding diaryl/α,β-unsaturated/α-hetero) is 1. The molecule has 150 valence electrons. The van der Waals surface area contributed by atoms with E-state index in [1.807, 2.05) is 0 Å². The number of benzene rings is 1. The van der Waals surface area contributed by atoms with Gasteiger partial charge in [-0.2, -0.15) is 0 Å². The number of fused-ring (bicyclic) bond motifs is 1. The van der Waals surface area contributed by atoms with E-state index >= 15 is 0 Å². The molecular weight excluding hydrogens is 384 g/mol. The molecule has 0 aliphatic carbocycles. The second kappa shape index (κ2) is 7.47. The summed E-state index contributed by atoms with van der Waals surface area (Å²) in [5.41, 5.74) is 1.30. The summed E-state index contributed by atoms with van der Waals surface area (Å²) in [6, 6.07) is 8.23. The van der Waals surface area contributed by atoms with Gasteiger partial charge in [0.1, 0.15) is 0 Å². The number of hydrogen-bond acceptors (Lipinski definition) is 6. The van der Waals surface area contributed by atoms with Crippen molar-refractivity contribution in [2.45, 2.75) is 26.8 Å². The Balaban J connectivity index is 1.98. The normalized spacial score (nSPS) is 13.5. The Labute approximate surface area is 170 Å². The predicted octanol–water partition coefficient (Wildman–Crippen LogP) is 1.99. The van der Waals surface area contributed by atoms with E-state index in [9.17, 15) is 19.2 Å². The molecule has 0 bridgehead atoms. The fraction of sp³-hybridized carbons (Fsp3) is 0.182. The second-order valence-corrected chi connectivity index (χ2v) is 7.10. The quantitative estimate of drug-likeness (QED) is 0.621. The van der Waals surface area contributed by atoms with Crippen LogP contribution in [0.15, 0.2) is 63.4 Å². The molecule has 8 heteroatoms. The summed E-state index contributed by atoms with van der Waals surface area (Å²) in [5, 5.41) is 0.269. The fourth-order valence-corrected chi connectivity index (χ4v) is 3.48. The van der Waals surface area contributed by atoms with Gasteiger partial charge in [-0.05, 0) is 55.8 Å². The van der Waals surface area contributed by atoms with Crippen LogP contribution in [0.25, 0.3) is 16.7 Å². The van der Waals surface area contributed by atoms with E-state index in [0.29, 0.717) is 22.5 Å². The van der Waals surface area contributed by atoms with Crippen LogP contribution in [0.5, 0.6) is 0 Å². The Morgan fingerprint density at radius 1 is 1.17 bits per heavy atom. The third-order valence-corrected chi connectivity index (χ3v) is 4.98. The number of carbonyl (C=O) groups excluding carboxylic acids is 2. The monoisotopic (exact) mass is 402 g/mol. The molecule has 0 saturated heterocycles. The van der Waals surface area contributed by atoms with Crippen LogP contribution in [-0.2, 0) is 11.3 Å². The smallest absolute Gasteiger partial charge is 0.295 e. The number of carbonyl (C=O) groups is 2. The predicted molar refractivity (Wildman–Crippen MR) is 113 cm³/mol. The molecule has 3 aromatic rings. The minimum Gasteiger partial charge on any atom is -0.295 e. The van der Waals surface area contributed by atoms with Crippen molar-refractivity contribution in [1.29, 1.82) is 0 Å². The van der Waals surface area contributed by atoms with Crippen molar-refractivity contribution in [3.63, 3.8) is 0 Å². The van der Waals surface area contributed by atoms with Crippen molar-refractivity contribution in [2.75, 3.05) is 0 Å². The van der Waals surface area contributed by atoms with E-state index in [0.717, 1.165) is 4.57 Å². The maximum absolute atomic E-state index is 13.4. The van der Waals surface area contributed by atoms with E-state index in [1.165, 1.54) is 30.0 Å². The van der Waals surface area contributed by atoms with Crippen molar-refractivity contribution in [3.8, 4) is 5.69 Å². The number of rotatable bonds is 4. The van der Waals surface area contributed by atoms with Gasteiger partial charge in [-0.1, -0.05) is 0 Å². The van der Waals surface area contributed by atoms with E-state index in [1.54, 1.807) is 37.3 Å². The summed E-state index contributed by atoms with van der Waals surface area (Å²) < 4.78 is 2.42. The van der Waals surface area contributed by atoms with Crippen LogP contribution in [0.1, 0.15) is 29.3 Å². The molecule has 30 heavy (non-hydrogen) atoms. The van der Waals surface area contributed by atoms with E-state index in [4.69, 9.17) is 0 Å². The molecule has 1 aliphatic rings. The van der Waals surface area contributed by atoms with E-state index in [2.05, 4.69) is 9.98 Å². The lowest BCUT2D eigenvalue weighted by Crippen LogP contribution is -2.42. The first-order valence-electron chi connectivity index (χ1n) is 9.34. The van der Waals surface area contributed by atoms with Crippen LogP contribution in [0, 0.1) is 6.92 Å². The Morgan fingerprint density at radius 3 is 2.67 bits per heavy atom. The van der Waals surface area contributed by atoms with Gasteiger partial charge in [-0.25, -0.2) is 14.3 Å². The molecule has 0 unspecified atom stereocenters. The fourth-order valence-electron chi connectivity index (χ4n) is 3.48. The summed E-state index contributed by atoms with van der Waals surface area (Å²) in [6.45, 7) is 3.16. The SMILES string of the molecule is CC(=O)c1ccc(-n2c(=O)n(CC3=NC=CC(=O)C3)c(=O)c3cccnc32)c(C)c1. The van der Waals surface area contributed by atoms with Crippen LogP contribution >= 0.6 is 0 Å². The van der Waals surface area contributed by atoms with E-state index in [-0.39, 0.29) is 35.6 Å².